The molecule has 0 spiro atoms. The van der Waals surface area contributed by atoms with E-state index < -0.39 is 0 Å². The Balaban J connectivity index is 1.77. The molecule has 16 heavy (non-hydrogen) atoms. The topological polar surface area (TPSA) is 12.5 Å². The molecule has 0 bridgehead atoms. The Kier molecular flexibility index (Phi) is 9.71. The molecule has 0 amide bonds. The summed E-state index contributed by atoms with van der Waals surface area (Å²) in [6, 6.07) is 0. The number of nitrogens with zero attached hydrogens (tertiary/aromatic N) is 1. The van der Waals surface area contributed by atoms with Gasteiger partial charge in [-0.1, -0.05) is 6.42 Å². The Morgan fingerprint density at radius 2 is 1.62 bits per heavy atom. The van der Waals surface area contributed by atoms with Gasteiger partial charge in [-0.2, -0.15) is 0 Å². The van der Waals surface area contributed by atoms with E-state index in [2.05, 4.69) is 22.6 Å². The minimum absolute atomic E-state index is 0.938. The first-order chi connectivity index (χ1) is 7.93. The Morgan fingerprint density at radius 3 is 2.38 bits per heavy atom. The fourth-order valence-corrected chi connectivity index (χ4v) is 2.29. The van der Waals surface area contributed by atoms with Gasteiger partial charge in [0, 0.05) is 0 Å². The second-order valence-electron chi connectivity index (χ2n) is 4.93. The first-order valence-electron chi connectivity index (χ1n) is 7.23. The van der Waals surface area contributed by atoms with Crippen LogP contribution in [-0.4, -0.2) is 55.5 Å². The van der Waals surface area contributed by atoms with Gasteiger partial charge in [0.1, 0.15) is 0 Å². The molecule has 0 saturated carbocycles. The molecule has 1 aliphatic rings. The predicted molar refractivity (Wildman–Crippen MR) is 70.1 cm³/mol. The maximum absolute atomic E-state index is 5.67. The van der Waals surface area contributed by atoms with E-state index in [1.165, 1.54) is 63.1 Å². The van der Waals surface area contributed by atoms with Gasteiger partial charge in [0.25, 0.3) is 0 Å². The normalized spacial score (nSPS) is 17.9. The third-order valence-corrected chi connectivity index (χ3v) is 3.39. The van der Waals surface area contributed by atoms with Crippen LogP contribution in [0.4, 0.5) is 0 Å². The maximum atomic E-state index is 5.67. The average molecular weight is 219 g/mol. The van der Waals surface area contributed by atoms with E-state index in [1.807, 2.05) is 0 Å². The summed E-state index contributed by atoms with van der Waals surface area (Å²) in [4.78, 5) is 2.54. The molecule has 1 heterocycles. The Bertz CT molecular complexity index is 149. The van der Waals surface area contributed by atoms with Crippen molar-refractivity contribution in [2.24, 2.45) is 0 Å². The van der Waals surface area contributed by atoms with Crippen molar-refractivity contribution in [3.63, 3.8) is 0 Å². The summed E-state index contributed by atoms with van der Waals surface area (Å²) < 4.78 is 5.67. The third-order valence-electron chi connectivity index (χ3n) is 3.39. The second-order valence-corrected chi connectivity index (χ2v) is 4.93. The minimum atomic E-state index is 0.938. The summed E-state index contributed by atoms with van der Waals surface area (Å²) in [6.07, 6.45) is 9.56. The molecule has 0 aromatic heterocycles. The van der Waals surface area contributed by atoms with Crippen LogP contribution in [0.5, 0.6) is 0 Å². The van der Waals surface area contributed by atoms with E-state index >= 15 is 0 Å². The number of hydrogen-bond acceptors (Lipinski definition) is 2. The molecule has 0 aromatic rings. The van der Waals surface area contributed by atoms with E-state index in [9.17, 15) is 0 Å². The zero-order chi connectivity index (χ0) is 11.5. The van der Waals surface area contributed by atoms with Crippen LogP contribution in [0.2, 0.25) is 5.09 Å². The molecule has 3 heteroatoms. The van der Waals surface area contributed by atoms with Crippen molar-refractivity contribution in [3.05, 3.63) is 0 Å². The zero-order valence-electron chi connectivity index (χ0n) is 11.0. The quantitative estimate of drug-likeness (QED) is 0.436. The molecule has 1 fully saturated rings. The molecule has 90 valence electrons. The summed E-state index contributed by atoms with van der Waals surface area (Å²) >= 11 is 2.26. The summed E-state index contributed by atoms with van der Waals surface area (Å²) in [5.41, 5.74) is 0. The summed E-state index contributed by atoms with van der Waals surface area (Å²) in [7, 11) is 0. The van der Waals surface area contributed by atoms with Gasteiger partial charge in [0.15, 0.2) is 0 Å². The molecule has 1 rings (SSSR count). The van der Waals surface area contributed by atoms with E-state index in [4.69, 9.17) is 4.74 Å². The molecular weight excluding hydrogens is 193 g/mol. The fraction of sp³-hybridized carbons (Fsp3) is 1.00. The van der Waals surface area contributed by atoms with Gasteiger partial charge >= 0.3 is 104 Å². The van der Waals surface area contributed by atoms with Crippen molar-refractivity contribution in [2.75, 3.05) is 32.8 Å². The molecule has 2 nitrogen and oxygen atoms in total. The number of rotatable bonds is 9. The summed E-state index contributed by atoms with van der Waals surface area (Å²) in [5.74, 6) is 0. The third kappa shape index (κ3) is 7.74. The van der Waals surface area contributed by atoms with Gasteiger partial charge in [-0.3, -0.25) is 0 Å². The predicted octanol–water partition coefficient (Wildman–Crippen LogP) is 2.64. The molecule has 0 unspecified atom stereocenters. The molecular formula is C13H26LiNO. The molecule has 1 saturated heterocycles. The van der Waals surface area contributed by atoms with Gasteiger partial charge in [-0.25, -0.2) is 0 Å². The monoisotopic (exact) mass is 219 g/mol. The van der Waals surface area contributed by atoms with Crippen molar-refractivity contribution >= 4 is 17.7 Å². The van der Waals surface area contributed by atoms with E-state index in [0.717, 1.165) is 19.8 Å². The standard InChI is InChI=1S/C13H26NO.Li/c1-2-3-4-8-12-15-13-11-14-9-6-5-7-10-14;/h1-13H2;. The van der Waals surface area contributed by atoms with Gasteiger partial charge in [-0.05, 0) is 0 Å². The Hall–Kier alpha value is 0.517. The van der Waals surface area contributed by atoms with Crippen LogP contribution in [0.3, 0.4) is 0 Å². The van der Waals surface area contributed by atoms with Crippen LogP contribution in [-0.2, 0) is 4.74 Å². The summed E-state index contributed by atoms with van der Waals surface area (Å²) in [5, 5.41) is 1.33. The first kappa shape index (κ1) is 14.6. The van der Waals surface area contributed by atoms with Crippen molar-refractivity contribution in [2.45, 2.75) is 50.0 Å². The van der Waals surface area contributed by atoms with Gasteiger partial charge in [0.2, 0.25) is 0 Å². The molecule has 0 radical (unpaired) electrons. The van der Waals surface area contributed by atoms with Crippen molar-refractivity contribution in [1.82, 2.24) is 4.90 Å². The summed E-state index contributed by atoms with van der Waals surface area (Å²) in [6.45, 7) is 5.64. The fourth-order valence-electron chi connectivity index (χ4n) is 2.29. The van der Waals surface area contributed by atoms with Crippen LogP contribution in [0.1, 0.15) is 44.9 Å². The molecule has 0 atom stereocenters. The number of unbranched alkanes of at least 4 members (excludes halogenated alkanes) is 3. The van der Waals surface area contributed by atoms with Crippen LogP contribution in [0.25, 0.3) is 0 Å². The van der Waals surface area contributed by atoms with E-state index in [1.54, 1.807) is 0 Å². The van der Waals surface area contributed by atoms with Crippen molar-refractivity contribution < 1.29 is 4.74 Å². The number of hydrogen-bond donors (Lipinski definition) is 0. The van der Waals surface area contributed by atoms with E-state index in [0.29, 0.717) is 0 Å². The average Bonchev–Trinajstić information content (AvgIpc) is 2.34. The zero-order valence-corrected chi connectivity index (χ0v) is 11.0. The number of ether oxygens (including phenoxy) is 1. The molecule has 0 aromatic carbocycles. The van der Waals surface area contributed by atoms with Crippen molar-refractivity contribution in [3.8, 4) is 0 Å². The van der Waals surface area contributed by atoms with E-state index in [-0.39, 0.29) is 0 Å². The number of likely N-dealkylation sites (tertiary alicyclic amines) is 1. The van der Waals surface area contributed by atoms with Crippen LogP contribution >= 0.6 is 0 Å². The number of piperidine rings is 1. The van der Waals surface area contributed by atoms with Crippen LogP contribution in [0.15, 0.2) is 0 Å². The molecule has 0 N–H and O–H groups in total. The Labute approximate surface area is 110 Å². The van der Waals surface area contributed by atoms with Crippen LogP contribution < -0.4 is 0 Å². The van der Waals surface area contributed by atoms with Crippen LogP contribution in [0, 0.1) is 0 Å². The Morgan fingerprint density at radius 1 is 0.875 bits per heavy atom. The van der Waals surface area contributed by atoms with Crippen molar-refractivity contribution in [1.29, 1.82) is 0 Å². The van der Waals surface area contributed by atoms with Gasteiger partial charge < -0.3 is 0 Å². The SMILES string of the molecule is [Li][CH2]CCCCCOCCN1CCCCC1. The first-order valence-corrected chi connectivity index (χ1v) is 7.23. The second kappa shape index (κ2) is 10.7. The molecule has 0 aliphatic carbocycles. The molecule has 1 aliphatic heterocycles. The van der Waals surface area contributed by atoms with Gasteiger partial charge in [-0.15, -0.1) is 0 Å². The van der Waals surface area contributed by atoms with Gasteiger partial charge in [0.05, 0.1) is 0 Å².